The summed E-state index contributed by atoms with van der Waals surface area (Å²) in [4.78, 5) is 29.4. The van der Waals surface area contributed by atoms with Crippen LogP contribution in [0.25, 0.3) is 0 Å². The average Bonchev–Trinajstić information content (AvgIpc) is 3.22. The molecule has 38 heavy (non-hydrogen) atoms. The Hall–Kier alpha value is -3.50. The lowest BCUT2D eigenvalue weighted by Gasteiger charge is -2.59. The van der Waals surface area contributed by atoms with Gasteiger partial charge in [0.05, 0.1) is 6.04 Å². The summed E-state index contributed by atoms with van der Waals surface area (Å²) in [6, 6.07) is 7.56. The second-order valence-electron chi connectivity index (χ2n) is 11.5. The van der Waals surface area contributed by atoms with Gasteiger partial charge in [0.1, 0.15) is 11.9 Å². The van der Waals surface area contributed by atoms with Crippen molar-refractivity contribution in [1.82, 2.24) is 9.80 Å². The molecule has 2 heterocycles. The van der Waals surface area contributed by atoms with Crippen LogP contribution in [0.2, 0.25) is 0 Å². The number of esters is 1. The van der Waals surface area contributed by atoms with Crippen LogP contribution in [0.1, 0.15) is 54.0 Å². The van der Waals surface area contributed by atoms with Gasteiger partial charge in [-0.25, -0.2) is 0 Å². The number of nitrogens with zero attached hydrogens (tertiary/aromatic N) is 2. The molecule has 0 unspecified atom stereocenters. The largest absolute Gasteiger partial charge is 0.508 e. The molecule has 2 aliphatic heterocycles. The number of ether oxygens (including phenoxy) is 2. The number of hydrogen-bond acceptors (Lipinski definition) is 6. The van der Waals surface area contributed by atoms with Gasteiger partial charge in [0, 0.05) is 54.1 Å². The zero-order valence-corrected chi connectivity index (χ0v) is 22.6. The molecule has 0 radical (unpaired) electrons. The Kier molecular flexibility index (Phi) is 5.73. The van der Waals surface area contributed by atoms with Crippen LogP contribution in [-0.4, -0.2) is 65.6 Å². The van der Waals surface area contributed by atoms with Crippen molar-refractivity contribution < 1.29 is 24.2 Å². The first-order chi connectivity index (χ1) is 18.1. The number of aryl methyl sites for hydroxylation is 2. The molecule has 1 spiro atoms. The lowest BCUT2D eigenvalue weighted by Crippen LogP contribution is -2.68. The lowest BCUT2D eigenvalue weighted by molar-refractivity contribution is -0.133. The number of piperidine rings is 1. The first-order valence-corrected chi connectivity index (χ1v) is 13.4. The van der Waals surface area contributed by atoms with Gasteiger partial charge in [-0.3, -0.25) is 9.59 Å². The van der Waals surface area contributed by atoms with E-state index in [9.17, 15) is 14.7 Å². The number of benzene rings is 2. The summed E-state index contributed by atoms with van der Waals surface area (Å²) in [6.45, 7) is 6.34. The summed E-state index contributed by atoms with van der Waals surface area (Å²) >= 11 is 0. The SMILES string of the molecule is CC(=O)Oc1cc(O)c2c3c1O[C@H]1[C@H](N(C)C(=O)C#Cc4ccc(C)c(C)c4)CC[C@H]4[C@@H](C2)N(C)CC[C@@]341. The maximum absolute atomic E-state index is 13.4. The first kappa shape index (κ1) is 24.8. The number of carbonyl (C=O) groups excluding carboxylic acids is 2. The average molecular weight is 515 g/mol. The molecule has 2 aromatic carbocycles. The minimum Gasteiger partial charge on any atom is -0.508 e. The highest BCUT2D eigenvalue weighted by Gasteiger charge is 2.66. The van der Waals surface area contributed by atoms with Crippen LogP contribution in [0, 0.1) is 31.6 Å². The molecule has 2 fully saturated rings. The van der Waals surface area contributed by atoms with Gasteiger partial charge in [0.15, 0.2) is 11.5 Å². The number of rotatable bonds is 2. The molecule has 7 nitrogen and oxygen atoms in total. The van der Waals surface area contributed by atoms with Gasteiger partial charge < -0.3 is 24.4 Å². The number of likely N-dealkylation sites (tertiary alicyclic amines) is 1. The topological polar surface area (TPSA) is 79.3 Å². The summed E-state index contributed by atoms with van der Waals surface area (Å²) in [5.74, 6) is 6.48. The van der Waals surface area contributed by atoms with E-state index in [4.69, 9.17) is 9.47 Å². The predicted molar refractivity (Wildman–Crippen MR) is 142 cm³/mol. The maximum Gasteiger partial charge on any atom is 0.308 e. The van der Waals surface area contributed by atoms with Crippen molar-refractivity contribution in [3.05, 3.63) is 52.1 Å². The van der Waals surface area contributed by atoms with E-state index in [0.717, 1.165) is 54.5 Å². The molecular weight excluding hydrogens is 480 g/mol. The number of hydrogen-bond donors (Lipinski definition) is 1. The summed E-state index contributed by atoms with van der Waals surface area (Å²) in [5, 5.41) is 11.1. The summed E-state index contributed by atoms with van der Waals surface area (Å²) in [7, 11) is 3.97. The van der Waals surface area contributed by atoms with Crippen molar-refractivity contribution in [3.63, 3.8) is 0 Å². The minimum atomic E-state index is -0.462. The van der Waals surface area contributed by atoms with Crippen molar-refractivity contribution in [2.75, 3.05) is 20.6 Å². The fourth-order valence-corrected chi connectivity index (χ4v) is 7.57. The maximum atomic E-state index is 13.4. The molecule has 6 rings (SSSR count). The molecule has 4 aliphatic rings. The number of amides is 1. The van der Waals surface area contributed by atoms with Crippen LogP contribution in [-0.2, 0) is 21.4 Å². The highest BCUT2D eigenvalue weighted by atomic mass is 16.6. The third-order valence-electron chi connectivity index (χ3n) is 9.55. The Balaban J connectivity index is 1.39. The molecule has 0 aromatic heterocycles. The van der Waals surface area contributed by atoms with Crippen molar-refractivity contribution in [2.45, 2.75) is 70.1 Å². The van der Waals surface area contributed by atoms with Gasteiger partial charge in [-0.15, -0.1) is 0 Å². The molecule has 2 aliphatic carbocycles. The molecule has 1 saturated carbocycles. The number of phenols is 1. The molecule has 5 atom stereocenters. The first-order valence-electron chi connectivity index (χ1n) is 13.4. The summed E-state index contributed by atoms with van der Waals surface area (Å²) < 4.78 is 12.3. The monoisotopic (exact) mass is 514 g/mol. The highest BCUT2D eigenvalue weighted by Crippen LogP contribution is 2.65. The van der Waals surface area contributed by atoms with Gasteiger partial charge in [0.25, 0.3) is 5.91 Å². The highest BCUT2D eigenvalue weighted by molar-refractivity contribution is 5.94. The summed E-state index contributed by atoms with van der Waals surface area (Å²) in [5.41, 5.74) is 4.67. The lowest BCUT2D eigenvalue weighted by atomic mass is 9.51. The van der Waals surface area contributed by atoms with Crippen molar-refractivity contribution in [1.29, 1.82) is 0 Å². The molecule has 7 heteroatoms. The molecule has 1 amide bonds. The molecule has 1 saturated heterocycles. The van der Waals surface area contributed by atoms with Crippen LogP contribution in [0.15, 0.2) is 24.3 Å². The Morgan fingerprint density at radius 2 is 2.00 bits per heavy atom. The van der Waals surface area contributed by atoms with Crippen LogP contribution < -0.4 is 9.47 Å². The van der Waals surface area contributed by atoms with Crippen LogP contribution >= 0.6 is 0 Å². The minimum absolute atomic E-state index is 0.146. The third-order valence-corrected chi connectivity index (χ3v) is 9.55. The van der Waals surface area contributed by atoms with E-state index in [2.05, 4.69) is 30.7 Å². The second-order valence-corrected chi connectivity index (χ2v) is 11.5. The quantitative estimate of drug-likeness (QED) is 0.376. The Morgan fingerprint density at radius 3 is 2.74 bits per heavy atom. The summed E-state index contributed by atoms with van der Waals surface area (Å²) in [6.07, 6.45) is 3.02. The number of phenolic OH excluding ortho intramolecular Hbond substituents is 1. The molecule has 2 bridgehead atoms. The van der Waals surface area contributed by atoms with E-state index in [1.165, 1.54) is 18.6 Å². The van der Waals surface area contributed by atoms with E-state index >= 15 is 0 Å². The second kappa shape index (κ2) is 8.78. The van der Waals surface area contributed by atoms with E-state index in [1.54, 1.807) is 4.90 Å². The van der Waals surface area contributed by atoms with E-state index in [-0.39, 0.29) is 41.0 Å². The Bertz CT molecular complexity index is 1420. The number of aromatic hydroxyl groups is 1. The fourth-order valence-electron chi connectivity index (χ4n) is 7.57. The van der Waals surface area contributed by atoms with Crippen LogP contribution in [0.5, 0.6) is 17.2 Å². The van der Waals surface area contributed by atoms with Crippen LogP contribution in [0.3, 0.4) is 0 Å². The standard InChI is InChI=1S/C31H34N2O5/c1-17-6-7-20(14-18(17)2)8-11-27(36)33(5)23-10-9-22-24-15-21-25(35)16-26(37-19(3)34)29-28(21)31(22,30(23)38-29)12-13-32(24)4/h6-7,14,16,22-24,30,35H,9-10,12-13,15H2,1-5H3/t22-,23+,24+,30-,31-/m0/s1. The van der Waals surface area contributed by atoms with E-state index < -0.39 is 5.97 Å². The fraction of sp³-hybridized carbons (Fsp3) is 0.484. The van der Waals surface area contributed by atoms with E-state index in [1.807, 2.05) is 32.2 Å². The zero-order valence-electron chi connectivity index (χ0n) is 22.6. The Labute approximate surface area is 223 Å². The molecule has 198 valence electrons. The van der Waals surface area contributed by atoms with Gasteiger partial charge in [-0.2, -0.15) is 0 Å². The van der Waals surface area contributed by atoms with Gasteiger partial charge in [0.2, 0.25) is 0 Å². The van der Waals surface area contributed by atoms with Gasteiger partial charge >= 0.3 is 5.97 Å². The molecular formula is C31H34N2O5. The van der Waals surface area contributed by atoms with Gasteiger partial charge in [-0.1, -0.05) is 12.0 Å². The van der Waals surface area contributed by atoms with E-state index in [0.29, 0.717) is 11.7 Å². The normalized spacial score (nSPS) is 28.4. The zero-order chi connectivity index (χ0) is 26.9. The number of likely N-dealkylation sites (N-methyl/N-ethyl adjacent to an activating group) is 2. The van der Waals surface area contributed by atoms with Crippen molar-refractivity contribution in [2.24, 2.45) is 5.92 Å². The molecule has 1 N–H and O–H groups in total. The van der Waals surface area contributed by atoms with Crippen LogP contribution in [0.4, 0.5) is 0 Å². The third kappa shape index (κ3) is 3.54. The van der Waals surface area contributed by atoms with Gasteiger partial charge in [-0.05, 0) is 82.3 Å². The smallest absolute Gasteiger partial charge is 0.308 e. The van der Waals surface area contributed by atoms with Crippen molar-refractivity contribution in [3.8, 4) is 29.1 Å². The molecule has 2 aromatic rings. The van der Waals surface area contributed by atoms with Crippen molar-refractivity contribution >= 4 is 11.9 Å². The predicted octanol–water partition coefficient (Wildman–Crippen LogP) is 3.48. The number of carbonyl (C=O) groups is 2. The Morgan fingerprint density at radius 1 is 1.21 bits per heavy atom.